The third kappa shape index (κ3) is 2.03. The van der Waals surface area contributed by atoms with Gasteiger partial charge < -0.3 is 9.88 Å². The molecule has 0 spiro atoms. The number of aromatic nitrogens is 1. The van der Waals surface area contributed by atoms with E-state index in [0.717, 1.165) is 51.1 Å². The van der Waals surface area contributed by atoms with Crippen LogP contribution in [0.2, 0.25) is 0 Å². The largest absolute Gasteiger partial charge is 0.342 e. The fraction of sp³-hybridized carbons (Fsp3) is 0.615. The van der Waals surface area contributed by atoms with Gasteiger partial charge in [-0.3, -0.25) is 9.69 Å². The highest BCUT2D eigenvalue weighted by molar-refractivity contribution is 5.72. The predicted octanol–water partition coefficient (Wildman–Crippen LogP) is 0.521. The average molecular weight is 233 g/mol. The number of nitrogens with one attached hydrogen (secondary N) is 1. The molecule has 2 aliphatic heterocycles. The molecule has 4 heteroatoms. The molecule has 0 saturated carbocycles. The lowest BCUT2D eigenvalue weighted by molar-refractivity contribution is 0.110. The number of carbonyl (C=O) groups is 1. The number of nitrogens with zero attached hydrogens (tertiary/aromatic N) is 2. The lowest BCUT2D eigenvalue weighted by Crippen LogP contribution is -2.50. The summed E-state index contributed by atoms with van der Waals surface area (Å²) in [5, 5.41) is 3.39. The van der Waals surface area contributed by atoms with Gasteiger partial charge in [0.1, 0.15) is 0 Å². The quantitative estimate of drug-likeness (QED) is 0.757. The predicted molar refractivity (Wildman–Crippen MR) is 66.4 cm³/mol. The molecule has 1 aromatic heterocycles. The molecule has 1 fully saturated rings. The monoisotopic (exact) mass is 233 g/mol. The van der Waals surface area contributed by atoms with Gasteiger partial charge in [-0.1, -0.05) is 0 Å². The molecule has 3 heterocycles. The zero-order valence-electron chi connectivity index (χ0n) is 10.1. The maximum atomic E-state index is 10.9. The second-order valence-electron chi connectivity index (χ2n) is 4.95. The van der Waals surface area contributed by atoms with Crippen molar-refractivity contribution in [2.24, 2.45) is 0 Å². The van der Waals surface area contributed by atoms with Crippen LogP contribution in [-0.4, -0.2) is 48.0 Å². The zero-order chi connectivity index (χ0) is 11.7. The second-order valence-corrected chi connectivity index (χ2v) is 4.95. The molecule has 0 bridgehead atoms. The van der Waals surface area contributed by atoms with Crippen LogP contribution in [0.4, 0.5) is 0 Å². The summed E-state index contributed by atoms with van der Waals surface area (Å²) in [5.41, 5.74) is 2.15. The number of hydrogen-bond donors (Lipinski definition) is 1. The first-order chi connectivity index (χ1) is 8.38. The molecule has 0 aliphatic carbocycles. The van der Waals surface area contributed by atoms with E-state index in [1.807, 2.05) is 6.07 Å². The van der Waals surface area contributed by atoms with E-state index in [9.17, 15) is 4.79 Å². The Labute approximate surface area is 102 Å². The molecule has 0 amide bonds. The van der Waals surface area contributed by atoms with Crippen LogP contribution in [0.5, 0.6) is 0 Å². The molecule has 1 atom stereocenters. The van der Waals surface area contributed by atoms with Crippen LogP contribution in [0, 0.1) is 0 Å². The Bertz CT molecular complexity index is 407. The van der Waals surface area contributed by atoms with Crippen molar-refractivity contribution in [2.75, 3.05) is 26.2 Å². The molecule has 0 radical (unpaired) electrons. The van der Waals surface area contributed by atoms with Crippen molar-refractivity contribution in [3.05, 3.63) is 23.5 Å². The van der Waals surface area contributed by atoms with Crippen LogP contribution in [0.1, 0.15) is 22.6 Å². The maximum absolute atomic E-state index is 10.9. The van der Waals surface area contributed by atoms with Crippen LogP contribution >= 0.6 is 0 Å². The van der Waals surface area contributed by atoms with Crippen LogP contribution in [0.25, 0.3) is 0 Å². The van der Waals surface area contributed by atoms with Crippen molar-refractivity contribution >= 4 is 6.29 Å². The molecule has 0 aromatic carbocycles. The summed E-state index contributed by atoms with van der Waals surface area (Å²) in [6, 6.07) is 4.72. The van der Waals surface area contributed by atoms with Crippen molar-refractivity contribution in [2.45, 2.75) is 25.4 Å². The minimum atomic E-state index is 0.666. The fourth-order valence-electron chi connectivity index (χ4n) is 3.06. The highest BCUT2D eigenvalue weighted by Crippen LogP contribution is 2.22. The van der Waals surface area contributed by atoms with Gasteiger partial charge in [-0.05, 0) is 18.6 Å². The molecular weight excluding hydrogens is 214 g/mol. The van der Waals surface area contributed by atoms with Crippen molar-refractivity contribution in [3.8, 4) is 0 Å². The van der Waals surface area contributed by atoms with E-state index in [4.69, 9.17) is 0 Å². The van der Waals surface area contributed by atoms with Crippen molar-refractivity contribution in [1.82, 2.24) is 14.8 Å². The third-order valence-corrected chi connectivity index (χ3v) is 4.02. The molecule has 4 nitrogen and oxygen atoms in total. The minimum absolute atomic E-state index is 0.666. The number of hydrogen-bond acceptors (Lipinski definition) is 3. The van der Waals surface area contributed by atoms with Crippen LogP contribution < -0.4 is 5.32 Å². The molecule has 1 unspecified atom stereocenters. The maximum Gasteiger partial charge on any atom is 0.166 e. The van der Waals surface area contributed by atoms with E-state index in [-0.39, 0.29) is 0 Å². The van der Waals surface area contributed by atoms with E-state index in [0.29, 0.717) is 6.04 Å². The Balaban J connectivity index is 1.73. The first kappa shape index (κ1) is 11.0. The summed E-state index contributed by atoms with van der Waals surface area (Å²) >= 11 is 0. The number of aldehydes is 1. The van der Waals surface area contributed by atoms with Gasteiger partial charge in [-0.25, -0.2) is 0 Å². The van der Waals surface area contributed by atoms with Crippen molar-refractivity contribution in [3.63, 3.8) is 0 Å². The molecule has 1 N–H and O–H groups in total. The summed E-state index contributed by atoms with van der Waals surface area (Å²) in [5.74, 6) is 0. The van der Waals surface area contributed by atoms with Crippen LogP contribution in [0.15, 0.2) is 12.1 Å². The molecule has 2 aliphatic rings. The number of carbonyl (C=O) groups excluding carboxylic acids is 1. The highest BCUT2D eigenvalue weighted by Gasteiger charge is 2.26. The standard InChI is InChI=1S/C13H19N3O/c17-10-13-2-1-12-9-11(3-6-16(12)13)15-7-4-14-5-8-15/h1-2,10-11,14H,3-9H2. The van der Waals surface area contributed by atoms with Gasteiger partial charge in [-0.15, -0.1) is 0 Å². The summed E-state index contributed by atoms with van der Waals surface area (Å²) in [7, 11) is 0. The summed E-state index contributed by atoms with van der Waals surface area (Å²) in [4.78, 5) is 13.5. The number of piperazine rings is 1. The Morgan fingerprint density at radius 2 is 2.06 bits per heavy atom. The lowest BCUT2D eigenvalue weighted by Gasteiger charge is -2.37. The van der Waals surface area contributed by atoms with Gasteiger partial charge in [-0.2, -0.15) is 0 Å². The van der Waals surface area contributed by atoms with E-state index in [1.54, 1.807) is 0 Å². The van der Waals surface area contributed by atoms with E-state index < -0.39 is 0 Å². The fourth-order valence-corrected chi connectivity index (χ4v) is 3.06. The topological polar surface area (TPSA) is 37.3 Å². The molecule has 1 saturated heterocycles. The number of fused-ring (bicyclic) bond motifs is 1. The lowest BCUT2D eigenvalue weighted by atomic mass is 10.0. The first-order valence-electron chi connectivity index (χ1n) is 6.47. The minimum Gasteiger partial charge on any atom is -0.342 e. The summed E-state index contributed by atoms with van der Waals surface area (Å²) in [6.45, 7) is 5.52. The first-order valence-corrected chi connectivity index (χ1v) is 6.47. The van der Waals surface area contributed by atoms with Crippen LogP contribution in [-0.2, 0) is 13.0 Å². The Morgan fingerprint density at radius 3 is 2.82 bits per heavy atom. The SMILES string of the molecule is O=Cc1ccc2n1CCC(N1CCNCC1)C2. The van der Waals surface area contributed by atoms with E-state index >= 15 is 0 Å². The molecule has 92 valence electrons. The Morgan fingerprint density at radius 1 is 1.24 bits per heavy atom. The third-order valence-electron chi connectivity index (χ3n) is 4.02. The highest BCUT2D eigenvalue weighted by atomic mass is 16.1. The van der Waals surface area contributed by atoms with Gasteiger partial charge >= 0.3 is 0 Å². The average Bonchev–Trinajstić information content (AvgIpc) is 2.81. The van der Waals surface area contributed by atoms with Crippen molar-refractivity contribution in [1.29, 1.82) is 0 Å². The van der Waals surface area contributed by atoms with Crippen LogP contribution in [0.3, 0.4) is 0 Å². The summed E-state index contributed by atoms with van der Waals surface area (Å²) in [6.07, 6.45) is 3.23. The van der Waals surface area contributed by atoms with E-state index in [2.05, 4.69) is 20.9 Å². The number of rotatable bonds is 2. The molecule has 17 heavy (non-hydrogen) atoms. The Kier molecular flexibility index (Phi) is 2.99. The van der Waals surface area contributed by atoms with E-state index in [1.165, 1.54) is 12.1 Å². The zero-order valence-corrected chi connectivity index (χ0v) is 10.1. The van der Waals surface area contributed by atoms with Gasteiger partial charge in [0.25, 0.3) is 0 Å². The normalized spacial score (nSPS) is 25.5. The van der Waals surface area contributed by atoms with Gasteiger partial charge in [0.15, 0.2) is 6.29 Å². The van der Waals surface area contributed by atoms with Gasteiger partial charge in [0.2, 0.25) is 0 Å². The Hall–Kier alpha value is -1.13. The molecular formula is C13H19N3O. The molecule has 1 aromatic rings. The summed E-state index contributed by atoms with van der Waals surface area (Å²) < 4.78 is 2.17. The van der Waals surface area contributed by atoms with Gasteiger partial charge in [0, 0.05) is 50.9 Å². The smallest absolute Gasteiger partial charge is 0.166 e. The molecule has 3 rings (SSSR count). The van der Waals surface area contributed by atoms with Gasteiger partial charge in [0.05, 0.1) is 5.69 Å². The van der Waals surface area contributed by atoms with Crippen molar-refractivity contribution < 1.29 is 4.79 Å². The second kappa shape index (κ2) is 4.63.